The number of carboxylic acid groups (broad SMARTS) is 1. The quantitative estimate of drug-likeness (QED) is 0.517. The van der Waals surface area contributed by atoms with Crippen molar-refractivity contribution in [2.75, 3.05) is 20.3 Å². The Kier molecular flexibility index (Phi) is 7.18. The Hall–Kier alpha value is -3.55. The lowest BCUT2D eigenvalue weighted by molar-refractivity contribution is -0.139. The van der Waals surface area contributed by atoms with Gasteiger partial charge in [-0.1, -0.05) is 0 Å². The number of carbonyl (C=O) groups excluding carboxylic acids is 1. The fourth-order valence-electron chi connectivity index (χ4n) is 2.11. The van der Waals surface area contributed by atoms with Gasteiger partial charge in [-0.15, -0.1) is 0 Å². The lowest BCUT2D eigenvalue weighted by Crippen LogP contribution is -2.17. The molecule has 0 atom stereocenters. The van der Waals surface area contributed by atoms with Crippen molar-refractivity contribution < 1.29 is 28.9 Å². The number of methoxy groups -OCH3 is 1. The zero-order chi connectivity index (χ0) is 19.6. The average molecular weight is 372 g/mol. The first-order chi connectivity index (χ1) is 13.0. The van der Waals surface area contributed by atoms with Crippen LogP contribution in [0, 0.1) is 0 Å². The molecule has 1 amide bonds. The number of carbonyl (C=O) groups is 2. The summed E-state index contributed by atoms with van der Waals surface area (Å²) in [7, 11) is 1.50. The number of rotatable bonds is 9. The Morgan fingerprint density at radius 1 is 1.11 bits per heavy atom. The van der Waals surface area contributed by atoms with Gasteiger partial charge in [0.05, 0.1) is 19.9 Å². The van der Waals surface area contributed by atoms with E-state index in [4.69, 9.17) is 19.3 Å². The Morgan fingerprint density at radius 3 is 2.48 bits per heavy atom. The van der Waals surface area contributed by atoms with Crippen molar-refractivity contribution in [3.05, 3.63) is 53.6 Å². The number of benzene rings is 2. The molecule has 0 aliphatic heterocycles. The molecule has 8 heteroatoms. The number of hydrogen-bond donors (Lipinski definition) is 2. The van der Waals surface area contributed by atoms with E-state index < -0.39 is 18.5 Å². The predicted molar refractivity (Wildman–Crippen MR) is 98.8 cm³/mol. The van der Waals surface area contributed by atoms with Crippen LogP contribution in [0.15, 0.2) is 47.6 Å². The molecule has 27 heavy (non-hydrogen) atoms. The number of hydrazone groups is 1. The second kappa shape index (κ2) is 9.81. The third-order valence-corrected chi connectivity index (χ3v) is 3.35. The molecule has 8 nitrogen and oxygen atoms in total. The van der Waals surface area contributed by atoms with Crippen molar-refractivity contribution in [2.24, 2.45) is 5.10 Å². The van der Waals surface area contributed by atoms with Gasteiger partial charge in [0.2, 0.25) is 0 Å². The average Bonchev–Trinajstić information content (AvgIpc) is 2.67. The molecule has 2 aromatic rings. The largest absolute Gasteiger partial charge is 0.493 e. The molecule has 0 unspecified atom stereocenters. The highest BCUT2D eigenvalue weighted by Gasteiger charge is 2.10. The highest BCUT2D eigenvalue weighted by Crippen LogP contribution is 2.27. The molecule has 2 N–H and O–H groups in total. The molecule has 0 spiro atoms. The molecule has 0 radical (unpaired) electrons. The van der Waals surface area contributed by atoms with Crippen LogP contribution in [0.4, 0.5) is 0 Å². The van der Waals surface area contributed by atoms with E-state index in [-0.39, 0.29) is 0 Å². The second-order valence-corrected chi connectivity index (χ2v) is 5.25. The van der Waals surface area contributed by atoms with E-state index in [9.17, 15) is 9.59 Å². The van der Waals surface area contributed by atoms with E-state index in [1.165, 1.54) is 13.3 Å². The van der Waals surface area contributed by atoms with Gasteiger partial charge in [0.1, 0.15) is 5.75 Å². The van der Waals surface area contributed by atoms with Crippen molar-refractivity contribution in [2.45, 2.75) is 6.92 Å². The summed E-state index contributed by atoms with van der Waals surface area (Å²) >= 11 is 0. The summed E-state index contributed by atoms with van der Waals surface area (Å²) in [6.07, 6.45) is 1.46. The third-order valence-electron chi connectivity index (χ3n) is 3.35. The van der Waals surface area contributed by atoms with Crippen LogP contribution in [0.2, 0.25) is 0 Å². The van der Waals surface area contributed by atoms with Crippen LogP contribution in [0.1, 0.15) is 22.8 Å². The molecular weight excluding hydrogens is 352 g/mol. The first-order valence-corrected chi connectivity index (χ1v) is 8.12. The van der Waals surface area contributed by atoms with Gasteiger partial charge in [-0.25, -0.2) is 10.2 Å². The van der Waals surface area contributed by atoms with Crippen LogP contribution in [-0.2, 0) is 4.79 Å². The summed E-state index contributed by atoms with van der Waals surface area (Å²) < 4.78 is 15.7. The van der Waals surface area contributed by atoms with Crippen LogP contribution in [0.25, 0.3) is 0 Å². The maximum absolute atomic E-state index is 12.2. The fraction of sp³-hybridized carbons (Fsp3) is 0.211. The zero-order valence-corrected chi connectivity index (χ0v) is 15.0. The first kappa shape index (κ1) is 19.8. The predicted octanol–water partition coefficient (Wildman–Crippen LogP) is 2.32. The minimum Gasteiger partial charge on any atom is -0.493 e. The number of ether oxygens (including phenoxy) is 3. The topological polar surface area (TPSA) is 106 Å². The van der Waals surface area contributed by atoms with Crippen LogP contribution in [0.3, 0.4) is 0 Å². The Morgan fingerprint density at radius 2 is 1.85 bits per heavy atom. The van der Waals surface area contributed by atoms with E-state index in [1.807, 2.05) is 6.92 Å². The SMILES string of the molecule is CCOc1ccc(C(=O)N/N=C/c2ccc(OCC(=O)O)cc2)cc1OC. The van der Waals surface area contributed by atoms with Gasteiger partial charge < -0.3 is 19.3 Å². The molecule has 0 fully saturated rings. The first-order valence-electron chi connectivity index (χ1n) is 8.12. The summed E-state index contributed by atoms with van der Waals surface area (Å²) in [6, 6.07) is 11.5. The third kappa shape index (κ3) is 6.03. The maximum atomic E-state index is 12.2. The smallest absolute Gasteiger partial charge is 0.341 e. The van der Waals surface area contributed by atoms with Gasteiger partial charge in [-0.3, -0.25) is 4.79 Å². The highest BCUT2D eigenvalue weighted by atomic mass is 16.5. The standard InChI is InChI=1S/C19H20N2O6/c1-3-26-16-9-6-14(10-17(16)25-2)19(24)21-20-11-13-4-7-15(8-5-13)27-12-18(22)23/h4-11H,3,12H2,1-2H3,(H,21,24)(H,22,23)/b20-11+. The van der Waals surface area contributed by atoms with E-state index in [0.29, 0.717) is 35.0 Å². The van der Waals surface area contributed by atoms with Crippen molar-refractivity contribution in [3.8, 4) is 17.2 Å². The summed E-state index contributed by atoms with van der Waals surface area (Å²) in [4.78, 5) is 22.6. The monoisotopic (exact) mass is 372 g/mol. The summed E-state index contributed by atoms with van der Waals surface area (Å²) in [5.41, 5.74) is 3.52. The molecule has 0 heterocycles. The van der Waals surface area contributed by atoms with Gasteiger partial charge in [0, 0.05) is 5.56 Å². The fourth-order valence-corrected chi connectivity index (χ4v) is 2.11. The van der Waals surface area contributed by atoms with Gasteiger partial charge in [0.15, 0.2) is 18.1 Å². The van der Waals surface area contributed by atoms with E-state index in [2.05, 4.69) is 10.5 Å². The molecule has 0 aliphatic carbocycles. The number of hydrogen-bond acceptors (Lipinski definition) is 6. The molecule has 0 bridgehead atoms. The number of nitrogens with one attached hydrogen (secondary N) is 1. The molecule has 0 aromatic heterocycles. The number of carboxylic acids is 1. The Balaban J connectivity index is 1.95. The number of amides is 1. The normalized spacial score (nSPS) is 10.4. The van der Waals surface area contributed by atoms with Gasteiger partial charge in [0.25, 0.3) is 5.91 Å². The minimum absolute atomic E-state index is 0.380. The van der Waals surface area contributed by atoms with Crippen molar-refractivity contribution in [1.29, 1.82) is 0 Å². The van der Waals surface area contributed by atoms with Crippen molar-refractivity contribution in [1.82, 2.24) is 5.43 Å². The zero-order valence-electron chi connectivity index (χ0n) is 15.0. The van der Waals surface area contributed by atoms with Crippen molar-refractivity contribution >= 4 is 18.1 Å². The number of aliphatic carboxylic acids is 1. The summed E-state index contributed by atoms with van der Waals surface area (Å²) in [6.45, 7) is 1.95. The Bertz CT molecular complexity index is 817. The second-order valence-electron chi connectivity index (χ2n) is 5.25. The van der Waals surface area contributed by atoms with Gasteiger partial charge in [-0.05, 0) is 55.0 Å². The maximum Gasteiger partial charge on any atom is 0.341 e. The molecule has 0 saturated carbocycles. The van der Waals surface area contributed by atoms with Crippen LogP contribution < -0.4 is 19.6 Å². The van der Waals surface area contributed by atoms with E-state index in [1.54, 1.807) is 42.5 Å². The lowest BCUT2D eigenvalue weighted by Gasteiger charge is -2.10. The van der Waals surface area contributed by atoms with Gasteiger partial charge >= 0.3 is 5.97 Å². The summed E-state index contributed by atoms with van der Waals surface area (Å²) in [5, 5.41) is 12.5. The van der Waals surface area contributed by atoms with Gasteiger partial charge in [-0.2, -0.15) is 5.10 Å². The number of nitrogens with zero attached hydrogens (tertiary/aromatic N) is 1. The Labute approximate surface area is 156 Å². The minimum atomic E-state index is -1.05. The summed E-state index contributed by atoms with van der Waals surface area (Å²) in [5.74, 6) is 0.0130. The molecule has 0 aliphatic rings. The lowest BCUT2D eigenvalue weighted by atomic mass is 10.2. The van der Waals surface area contributed by atoms with E-state index in [0.717, 1.165) is 0 Å². The molecular formula is C19H20N2O6. The molecule has 2 rings (SSSR count). The highest BCUT2D eigenvalue weighted by molar-refractivity contribution is 5.95. The van der Waals surface area contributed by atoms with Crippen molar-refractivity contribution in [3.63, 3.8) is 0 Å². The molecule has 0 saturated heterocycles. The van der Waals surface area contributed by atoms with E-state index >= 15 is 0 Å². The molecule has 2 aromatic carbocycles. The molecule has 142 valence electrons. The van der Waals surface area contributed by atoms with Crippen LogP contribution in [-0.4, -0.2) is 43.5 Å². The van der Waals surface area contributed by atoms with Crippen LogP contribution in [0.5, 0.6) is 17.2 Å². The van der Waals surface area contributed by atoms with Crippen LogP contribution >= 0.6 is 0 Å².